The highest BCUT2D eigenvalue weighted by atomic mass is 35.5. The van der Waals surface area contributed by atoms with Gasteiger partial charge in [0.2, 0.25) is 0 Å². The van der Waals surface area contributed by atoms with Crippen LogP contribution in [-0.2, 0) is 11.2 Å². The van der Waals surface area contributed by atoms with Gasteiger partial charge in [-0.3, -0.25) is 9.36 Å². The summed E-state index contributed by atoms with van der Waals surface area (Å²) in [6.07, 6.45) is 3.70. The van der Waals surface area contributed by atoms with Gasteiger partial charge in [0.25, 0.3) is 5.56 Å². The zero-order valence-electron chi connectivity index (χ0n) is 16.2. The maximum atomic E-state index is 13.4. The minimum Gasteiger partial charge on any atom is -0.389 e. The summed E-state index contributed by atoms with van der Waals surface area (Å²) in [6.45, 7) is 0.735. The molecule has 1 N–H and O–H groups in total. The molecule has 2 atom stereocenters. The van der Waals surface area contributed by atoms with Gasteiger partial charge in [-0.2, -0.15) is 0 Å². The van der Waals surface area contributed by atoms with Crippen LogP contribution in [-0.4, -0.2) is 39.0 Å². The lowest BCUT2D eigenvalue weighted by molar-refractivity contribution is -0.0395. The molecule has 2 aromatic carbocycles. The van der Waals surface area contributed by atoms with Crippen molar-refractivity contribution in [2.45, 2.75) is 25.0 Å². The molecule has 7 heteroatoms. The molecule has 0 aliphatic carbocycles. The molecule has 3 heterocycles. The minimum absolute atomic E-state index is 0.147. The first-order valence-corrected chi connectivity index (χ1v) is 10.3. The predicted molar refractivity (Wildman–Crippen MR) is 116 cm³/mol. The van der Waals surface area contributed by atoms with E-state index in [9.17, 15) is 9.90 Å². The Morgan fingerprint density at radius 3 is 2.77 bits per heavy atom. The Morgan fingerprint density at radius 2 is 1.97 bits per heavy atom. The van der Waals surface area contributed by atoms with Crippen LogP contribution >= 0.6 is 11.6 Å². The largest absolute Gasteiger partial charge is 0.389 e. The van der Waals surface area contributed by atoms with Crippen molar-refractivity contribution in [3.8, 4) is 0 Å². The molecule has 0 amide bonds. The number of aliphatic hydroxyl groups excluding tert-OH is 1. The topological polar surface area (TPSA) is 77.2 Å². The van der Waals surface area contributed by atoms with Crippen LogP contribution in [0.3, 0.4) is 0 Å². The van der Waals surface area contributed by atoms with Gasteiger partial charge in [0.1, 0.15) is 5.15 Å². The summed E-state index contributed by atoms with van der Waals surface area (Å²) in [4.78, 5) is 22.1. The molecule has 5 rings (SSSR count). The summed E-state index contributed by atoms with van der Waals surface area (Å²) in [7, 11) is 0. The summed E-state index contributed by atoms with van der Waals surface area (Å²) in [5.41, 5.74) is 2.56. The first kappa shape index (κ1) is 19.2. The van der Waals surface area contributed by atoms with Crippen molar-refractivity contribution in [2.24, 2.45) is 0 Å². The predicted octanol–water partition coefficient (Wildman–Crippen LogP) is 3.51. The summed E-state index contributed by atoms with van der Waals surface area (Å²) in [5.74, 6) is 0. The summed E-state index contributed by atoms with van der Waals surface area (Å²) in [5, 5.41) is 13.3. The molecule has 0 spiro atoms. The monoisotopic (exact) mass is 421 g/mol. The second-order valence-corrected chi connectivity index (χ2v) is 7.98. The molecular formula is C23H20ClN3O3. The van der Waals surface area contributed by atoms with Gasteiger partial charge in [-0.1, -0.05) is 35.9 Å². The second-order valence-electron chi connectivity index (χ2n) is 7.60. The van der Waals surface area contributed by atoms with Crippen LogP contribution in [0.15, 0.2) is 59.8 Å². The Kier molecular flexibility index (Phi) is 4.98. The number of pyridine rings is 1. The number of rotatable bonds is 3. The smallest absolute Gasteiger partial charge is 0.261 e. The van der Waals surface area contributed by atoms with Crippen LogP contribution in [0.5, 0.6) is 0 Å². The zero-order valence-corrected chi connectivity index (χ0v) is 16.9. The zero-order chi connectivity index (χ0) is 20.7. The number of hydrogen-bond donors (Lipinski definition) is 1. The molecule has 30 heavy (non-hydrogen) atoms. The maximum absolute atomic E-state index is 13.4. The molecule has 1 fully saturated rings. The van der Waals surface area contributed by atoms with E-state index < -0.39 is 6.10 Å². The molecule has 4 aromatic rings. The van der Waals surface area contributed by atoms with Gasteiger partial charge in [0.15, 0.2) is 0 Å². The van der Waals surface area contributed by atoms with E-state index in [1.54, 1.807) is 17.1 Å². The second kappa shape index (κ2) is 7.80. The van der Waals surface area contributed by atoms with Crippen LogP contribution in [0.25, 0.3) is 21.7 Å². The molecular weight excluding hydrogens is 402 g/mol. The van der Waals surface area contributed by atoms with Crippen LogP contribution in [0.4, 0.5) is 0 Å². The fraction of sp³-hybridized carbons (Fsp3) is 0.261. The van der Waals surface area contributed by atoms with Gasteiger partial charge in [0, 0.05) is 18.2 Å². The van der Waals surface area contributed by atoms with Gasteiger partial charge < -0.3 is 9.84 Å². The Hall–Kier alpha value is -2.80. The van der Waals surface area contributed by atoms with E-state index in [1.165, 1.54) is 0 Å². The van der Waals surface area contributed by atoms with E-state index in [0.717, 1.165) is 21.9 Å². The summed E-state index contributed by atoms with van der Waals surface area (Å²) in [6, 6.07) is 13.3. The number of hydrogen-bond acceptors (Lipinski definition) is 5. The van der Waals surface area contributed by atoms with E-state index in [1.807, 2.05) is 42.5 Å². The van der Waals surface area contributed by atoms with Crippen LogP contribution in [0.1, 0.15) is 23.6 Å². The number of aromatic nitrogens is 3. The quantitative estimate of drug-likeness (QED) is 0.404. The lowest BCUT2D eigenvalue weighted by atomic mass is 9.96. The molecule has 2 unspecified atom stereocenters. The lowest BCUT2D eigenvalue weighted by Crippen LogP contribution is -2.39. The minimum atomic E-state index is -0.727. The molecule has 2 aromatic heterocycles. The third kappa shape index (κ3) is 3.37. The van der Waals surface area contributed by atoms with Gasteiger partial charge in [-0.25, -0.2) is 9.97 Å². The van der Waals surface area contributed by atoms with E-state index in [4.69, 9.17) is 16.3 Å². The van der Waals surface area contributed by atoms with Crippen molar-refractivity contribution in [1.82, 2.24) is 14.5 Å². The molecule has 0 bridgehead atoms. The highest BCUT2D eigenvalue weighted by Crippen LogP contribution is 2.29. The molecule has 0 saturated carbocycles. The fourth-order valence-corrected chi connectivity index (χ4v) is 4.44. The molecule has 6 nitrogen and oxygen atoms in total. The Bertz CT molecular complexity index is 1300. The average Bonchev–Trinajstić information content (AvgIpc) is 2.75. The first-order chi connectivity index (χ1) is 14.6. The van der Waals surface area contributed by atoms with Crippen LogP contribution < -0.4 is 5.56 Å². The first-order valence-electron chi connectivity index (χ1n) is 9.89. The molecule has 0 radical (unpaired) electrons. The number of halogens is 1. The number of benzene rings is 2. The summed E-state index contributed by atoms with van der Waals surface area (Å²) >= 11 is 6.06. The van der Waals surface area contributed by atoms with Crippen molar-refractivity contribution in [2.75, 3.05) is 13.2 Å². The van der Waals surface area contributed by atoms with Crippen molar-refractivity contribution in [1.29, 1.82) is 0 Å². The van der Waals surface area contributed by atoms with E-state index in [-0.39, 0.29) is 18.2 Å². The molecule has 1 saturated heterocycles. The van der Waals surface area contributed by atoms with Crippen LogP contribution in [0.2, 0.25) is 5.15 Å². The lowest BCUT2D eigenvalue weighted by Gasteiger charge is -2.29. The number of ether oxygens (including phenoxy) is 1. The highest BCUT2D eigenvalue weighted by molar-refractivity contribution is 6.29. The maximum Gasteiger partial charge on any atom is 0.261 e. The van der Waals surface area contributed by atoms with E-state index in [2.05, 4.69) is 9.97 Å². The standard InChI is InChI=1S/C23H20ClN3O3/c24-21-10-14(5-7-25-21)9-15-11-18-22(17-4-2-1-3-16(15)17)26-13-27(23(18)29)19-6-8-30-12-20(19)28/h1-5,7,10-11,13,19-20,28H,6,8-9,12H2. The van der Waals surface area contributed by atoms with Gasteiger partial charge in [0.05, 0.1) is 36.0 Å². The van der Waals surface area contributed by atoms with Crippen molar-refractivity contribution < 1.29 is 9.84 Å². The Morgan fingerprint density at radius 1 is 1.13 bits per heavy atom. The normalized spacial score (nSPS) is 19.4. The third-order valence-corrected chi connectivity index (χ3v) is 5.92. The van der Waals surface area contributed by atoms with Gasteiger partial charge in [-0.05, 0) is 47.6 Å². The Balaban J connectivity index is 1.71. The van der Waals surface area contributed by atoms with Crippen LogP contribution in [0, 0.1) is 0 Å². The fourth-order valence-electron chi connectivity index (χ4n) is 4.24. The van der Waals surface area contributed by atoms with Crippen molar-refractivity contribution >= 4 is 33.3 Å². The van der Waals surface area contributed by atoms with E-state index in [0.29, 0.717) is 35.5 Å². The van der Waals surface area contributed by atoms with E-state index >= 15 is 0 Å². The van der Waals surface area contributed by atoms with Crippen molar-refractivity contribution in [3.63, 3.8) is 0 Å². The van der Waals surface area contributed by atoms with Gasteiger partial charge >= 0.3 is 0 Å². The van der Waals surface area contributed by atoms with Crippen molar-refractivity contribution in [3.05, 3.63) is 81.6 Å². The number of nitrogens with zero attached hydrogens (tertiary/aromatic N) is 3. The average molecular weight is 422 g/mol. The van der Waals surface area contributed by atoms with Gasteiger partial charge in [-0.15, -0.1) is 0 Å². The molecule has 1 aliphatic heterocycles. The number of fused-ring (bicyclic) bond motifs is 3. The summed E-state index contributed by atoms with van der Waals surface area (Å²) < 4.78 is 6.86. The highest BCUT2D eigenvalue weighted by Gasteiger charge is 2.27. The Labute approximate surface area is 177 Å². The molecule has 1 aliphatic rings. The third-order valence-electron chi connectivity index (χ3n) is 5.71. The number of aliphatic hydroxyl groups is 1. The SMILES string of the molecule is O=c1c2cc(Cc3ccnc(Cl)c3)c3ccccc3c2ncn1C1CCOCC1O. The molecule has 152 valence electrons.